The van der Waals surface area contributed by atoms with Crippen LogP contribution in [0.1, 0.15) is 11.1 Å². The number of rotatable bonds is 2. The SMILES string of the molecule is Cc1cccc(S(=O)(=O)N2CCSC2)c1C#N. The summed E-state index contributed by atoms with van der Waals surface area (Å²) in [5, 5.41) is 9.07. The number of aryl methyl sites for hydroxylation is 1. The van der Waals surface area contributed by atoms with E-state index in [1.54, 1.807) is 30.8 Å². The normalized spacial score (nSPS) is 16.9. The maximum Gasteiger partial charge on any atom is 0.245 e. The fourth-order valence-electron chi connectivity index (χ4n) is 1.73. The van der Waals surface area contributed by atoms with Gasteiger partial charge in [0, 0.05) is 12.3 Å². The third-order valence-electron chi connectivity index (χ3n) is 2.68. The van der Waals surface area contributed by atoms with E-state index < -0.39 is 10.0 Å². The van der Waals surface area contributed by atoms with E-state index >= 15 is 0 Å². The first-order valence-corrected chi connectivity index (χ1v) is 7.74. The molecule has 1 saturated heterocycles. The topological polar surface area (TPSA) is 61.2 Å². The lowest BCUT2D eigenvalue weighted by Crippen LogP contribution is -2.28. The Balaban J connectivity index is 2.54. The largest absolute Gasteiger partial charge is 0.245 e. The third-order valence-corrected chi connectivity index (χ3v) is 5.70. The van der Waals surface area contributed by atoms with Crippen molar-refractivity contribution < 1.29 is 8.42 Å². The molecule has 1 aliphatic heterocycles. The summed E-state index contributed by atoms with van der Waals surface area (Å²) in [5.41, 5.74) is 0.949. The van der Waals surface area contributed by atoms with Gasteiger partial charge in [-0.3, -0.25) is 0 Å². The lowest BCUT2D eigenvalue weighted by molar-refractivity contribution is 0.489. The minimum Gasteiger partial charge on any atom is -0.207 e. The van der Waals surface area contributed by atoms with Gasteiger partial charge in [-0.05, 0) is 18.6 Å². The second kappa shape index (κ2) is 4.69. The molecule has 0 saturated carbocycles. The van der Waals surface area contributed by atoms with Crippen molar-refractivity contribution in [1.29, 1.82) is 5.26 Å². The predicted octanol–water partition coefficient (Wildman–Crippen LogP) is 1.56. The second-order valence-corrected chi connectivity index (χ2v) is 6.76. The van der Waals surface area contributed by atoms with Crippen molar-refractivity contribution in [1.82, 2.24) is 4.31 Å². The Morgan fingerprint density at radius 1 is 1.47 bits per heavy atom. The molecule has 6 heteroatoms. The summed E-state index contributed by atoms with van der Waals surface area (Å²) in [5.74, 6) is 1.29. The number of nitriles is 1. The molecule has 1 aromatic carbocycles. The summed E-state index contributed by atoms with van der Waals surface area (Å²) in [7, 11) is -3.51. The highest BCUT2D eigenvalue weighted by atomic mass is 32.2. The average molecular weight is 268 g/mol. The van der Waals surface area contributed by atoms with E-state index in [0.717, 1.165) is 5.75 Å². The molecule has 1 aromatic rings. The van der Waals surface area contributed by atoms with Crippen molar-refractivity contribution in [2.75, 3.05) is 18.2 Å². The van der Waals surface area contributed by atoms with Gasteiger partial charge in [0.25, 0.3) is 0 Å². The van der Waals surface area contributed by atoms with Crippen LogP contribution in [0, 0.1) is 18.3 Å². The highest BCUT2D eigenvalue weighted by molar-refractivity contribution is 8.00. The molecule has 0 bridgehead atoms. The second-order valence-electron chi connectivity index (χ2n) is 3.78. The summed E-state index contributed by atoms with van der Waals surface area (Å²) in [4.78, 5) is 0.127. The summed E-state index contributed by atoms with van der Waals surface area (Å²) >= 11 is 1.59. The Kier molecular flexibility index (Phi) is 3.43. The minimum absolute atomic E-state index is 0.127. The highest BCUT2D eigenvalue weighted by Gasteiger charge is 2.29. The lowest BCUT2D eigenvalue weighted by atomic mass is 10.1. The van der Waals surface area contributed by atoms with Gasteiger partial charge in [-0.1, -0.05) is 12.1 Å². The quantitative estimate of drug-likeness (QED) is 0.816. The Labute approximate surface area is 105 Å². The van der Waals surface area contributed by atoms with Crippen molar-refractivity contribution in [2.45, 2.75) is 11.8 Å². The number of thioether (sulfide) groups is 1. The molecule has 0 spiro atoms. The molecule has 0 amide bonds. The van der Waals surface area contributed by atoms with Gasteiger partial charge in [-0.2, -0.15) is 9.57 Å². The van der Waals surface area contributed by atoms with E-state index in [0.29, 0.717) is 18.0 Å². The fraction of sp³-hybridized carbons (Fsp3) is 0.364. The first kappa shape index (κ1) is 12.4. The minimum atomic E-state index is -3.51. The van der Waals surface area contributed by atoms with Crippen molar-refractivity contribution in [3.8, 4) is 6.07 Å². The maximum atomic E-state index is 12.3. The molecule has 1 aliphatic rings. The van der Waals surface area contributed by atoms with Crippen LogP contribution in [0.15, 0.2) is 23.1 Å². The Morgan fingerprint density at radius 3 is 2.82 bits per heavy atom. The number of sulfonamides is 1. The standard InChI is InChI=1S/C11H12N2O2S2/c1-9-3-2-4-11(10(9)7-12)17(14,15)13-5-6-16-8-13/h2-4H,5-6,8H2,1H3. The van der Waals surface area contributed by atoms with Crippen LogP contribution in [-0.4, -0.2) is 30.9 Å². The van der Waals surface area contributed by atoms with E-state index in [4.69, 9.17) is 5.26 Å². The van der Waals surface area contributed by atoms with E-state index in [1.807, 2.05) is 6.07 Å². The van der Waals surface area contributed by atoms with Gasteiger partial charge in [0.15, 0.2) is 0 Å². The zero-order valence-corrected chi connectivity index (χ0v) is 11.0. The monoisotopic (exact) mass is 268 g/mol. The molecule has 0 radical (unpaired) electrons. The molecular formula is C11H12N2O2S2. The zero-order chi connectivity index (χ0) is 12.5. The number of hydrogen-bond donors (Lipinski definition) is 0. The van der Waals surface area contributed by atoms with Gasteiger partial charge < -0.3 is 0 Å². The van der Waals surface area contributed by atoms with Gasteiger partial charge in [0.2, 0.25) is 10.0 Å². The van der Waals surface area contributed by atoms with E-state index in [9.17, 15) is 8.42 Å². The van der Waals surface area contributed by atoms with Gasteiger partial charge in [0.05, 0.1) is 11.4 Å². The fourth-order valence-corrected chi connectivity index (χ4v) is 4.76. The molecule has 2 rings (SSSR count). The van der Waals surface area contributed by atoms with Crippen LogP contribution in [0.4, 0.5) is 0 Å². The maximum absolute atomic E-state index is 12.3. The highest BCUT2D eigenvalue weighted by Crippen LogP contribution is 2.26. The van der Waals surface area contributed by atoms with E-state index in [-0.39, 0.29) is 10.5 Å². The van der Waals surface area contributed by atoms with Gasteiger partial charge in [-0.25, -0.2) is 8.42 Å². The molecule has 0 aliphatic carbocycles. The number of nitrogens with zero attached hydrogens (tertiary/aromatic N) is 2. The van der Waals surface area contributed by atoms with Gasteiger partial charge in [-0.15, -0.1) is 11.8 Å². The van der Waals surface area contributed by atoms with Crippen LogP contribution in [0.5, 0.6) is 0 Å². The van der Waals surface area contributed by atoms with Crippen LogP contribution >= 0.6 is 11.8 Å². The van der Waals surface area contributed by atoms with Crippen LogP contribution in [0.3, 0.4) is 0 Å². The summed E-state index contributed by atoms with van der Waals surface area (Å²) in [6.07, 6.45) is 0. The molecule has 1 fully saturated rings. The summed E-state index contributed by atoms with van der Waals surface area (Å²) < 4.78 is 26.1. The molecule has 90 valence electrons. The van der Waals surface area contributed by atoms with Crippen molar-refractivity contribution in [2.24, 2.45) is 0 Å². The van der Waals surface area contributed by atoms with Gasteiger partial charge in [0.1, 0.15) is 11.0 Å². The third kappa shape index (κ3) is 2.18. The molecule has 4 nitrogen and oxygen atoms in total. The molecule has 17 heavy (non-hydrogen) atoms. The lowest BCUT2D eigenvalue weighted by Gasteiger charge is -2.16. The molecule has 1 heterocycles. The van der Waals surface area contributed by atoms with Crippen LogP contribution in [-0.2, 0) is 10.0 Å². The van der Waals surface area contributed by atoms with Crippen molar-refractivity contribution in [3.63, 3.8) is 0 Å². The zero-order valence-electron chi connectivity index (χ0n) is 9.38. The van der Waals surface area contributed by atoms with E-state index in [1.165, 1.54) is 10.4 Å². The Morgan fingerprint density at radius 2 is 2.24 bits per heavy atom. The summed E-state index contributed by atoms with van der Waals surface area (Å²) in [6.45, 7) is 2.27. The first-order chi connectivity index (χ1) is 8.07. The summed E-state index contributed by atoms with van der Waals surface area (Å²) in [6, 6.07) is 6.90. The van der Waals surface area contributed by atoms with Gasteiger partial charge >= 0.3 is 0 Å². The number of benzene rings is 1. The average Bonchev–Trinajstić information content (AvgIpc) is 2.82. The van der Waals surface area contributed by atoms with Crippen LogP contribution in [0.25, 0.3) is 0 Å². The predicted molar refractivity (Wildman–Crippen MR) is 67.1 cm³/mol. The van der Waals surface area contributed by atoms with Crippen LogP contribution in [0.2, 0.25) is 0 Å². The Bertz CT molecular complexity index is 570. The molecule has 0 unspecified atom stereocenters. The number of hydrogen-bond acceptors (Lipinski definition) is 4. The molecule has 0 N–H and O–H groups in total. The van der Waals surface area contributed by atoms with E-state index in [2.05, 4.69) is 0 Å². The molecule has 0 aromatic heterocycles. The van der Waals surface area contributed by atoms with Crippen molar-refractivity contribution >= 4 is 21.8 Å². The molecule has 0 atom stereocenters. The Hall–Kier alpha value is -1.03. The van der Waals surface area contributed by atoms with Crippen LogP contribution < -0.4 is 0 Å². The van der Waals surface area contributed by atoms with Crippen molar-refractivity contribution in [3.05, 3.63) is 29.3 Å². The first-order valence-electron chi connectivity index (χ1n) is 5.15. The smallest absolute Gasteiger partial charge is 0.207 e. The molecular weight excluding hydrogens is 256 g/mol.